The molecule has 0 spiro atoms. The number of carbonyl (C=O) groups is 1. The fraction of sp³-hybridized carbons (Fsp3) is 0.238. The van der Waals surface area contributed by atoms with E-state index in [0.29, 0.717) is 40.4 Å². The third-order valence-electron chi connectivity index (χ3n) is 4.68. The summed E-state index contributed by atoms with van der Waals surface area (Å²) in [4.78, 5) is 17.4. The third kappa shape index (κ3) is 4.27. The second-order valence-electron chi connectivity index (χ2n) is 6.55. The largest absolute Gasteiger partial charge is 0.322 e. The van der Waals surface area contributed by atoms with Crippen LogP contribution in [0.4, 0.5) is 5.69 Å². The number of anilines is 1. The van der Waals surface area contributed by atoms with E-state index in [4.69, 9.17) is 11.6 Å². The first-order chi connectivity index (χ1) is 13.8. The van der Waals surface area contributed by atoms with Gasteiger partial charge < -0.3 is 5.32 Å². The smallest absolute Gasteiger partial charge is 0.257 e. The number of hydrogen-bond acceptors (Lipinski definition) is 4. The topological polar surface area (TPSA) is 79.4 Å². The first-order valence-electron chi connectivity index (χ1n) is 9.24. The molecule has 0 bridgehead atoms. The number of sulfonamides is 1. The second-order valence-corrected chi connectivity index (χ2v) is 8.89. The molecule has 0 radical (unpaired) electrons. The van der Waals surface area contributed by atoms with Gasteiger partial charge in [-0.05, 0) is 42.8 Å². The number of nitrogens with zero attached hydrogens (tertiary/aromatic N) is 2. The van der Waals surface area contributed by atoms with Gasteiger partial charge in [-0.1, -0.05) is 37.6 Å². The van der Waals surface area contributed by atoms with E-state index in [1.807, 2.05) is 6.07 Å². The number of pyridine rings is 1. The van der Waals surface area contributed by atoms with Gasteiger partial charge in [0.25, 0.3) is 5.91 Å². The highest BCUT2D eigenvalue weighted by Gasteiger charge is 2.24. The molecule has 0 unspecified atom stereocenters. The zero-order valence-electron chi connectivity index (χ0n) is 16.4. The molecule has 0 fully saturated rings. The fourth-order valence-corrected chi connectivity index (χ4v) is 5.12. The molecule has 3 rings (SSSR count). The Morgan fingerprint density at radius 2 is 1.86 bits per heavy atom. The molecule has 1 amide bonds. The highest BCUT2D eigenvalue weighted by atomic mass is 35.5. The number of fused-ring (bicyclic) bond motifs is 1. The molecular formula is C21H22ClN3O3S. The van der Waals surface area contributed by atoms with Crippen molar-refractivity contribution in [2.24, 2.45) is 0 Å². The molecule has 1 N–H and O–H groups in total. The molecule has 0 aliphatic heterocycles. The number of nitrogens with one attached hydrogen (secondary N) is 1. The second kappa shape index (κ2) is 8.49. The van der Waals surface area contributed by atoms with E-state index in [-0.39, 0.29) is 4.90 Å². The number of aromatic nitrogens is 1. The molecule has 0 saturated heterocycles. The number of amides is 1. The number of rotatable bonds is 6. The quantitative estimate of drug-likeness (QED) is 0.624. The van der Waals surface area contributed by atoms with Crippen molar-refractivity contribution in [3.05, 3.63) is 64.8 Å². The molecule has 29 heavy (non-hydrogen) atoms. The normalized spacial score (nSPS) is 11.8. The minimum absolute atomic E-state index is 0.174. The van der Waals surface area contributed by atoms with E-state index in [1.54, 1.807) is 57.3 Å². The van der Waals surface area contributed by atoms with Crippen LogP contribution in [-0.4, -0.2) is 36.7 Å². The van der Waals surface area contributed by atoms with Crippen molar-refractivity contribution in [1.29, 1.82) is 0 Å². The lowest BCUT2D eigenvalue weighted by Gasteiger charge is -2.20. The summed E-state index contributed by atoms with van der Waals surface area (Å²) in [6.07, 6.45) is 1.60. The molecule has 3 aromatic rings. The van der Waals surface area contributed by atoms with Gasteiger partial charge in [0.1, 0.15) is 0 Å². The minimum Gasteiger partial charge on any atom is -0.322 e. The molecule has 0 atom stereocenters. The number of benzene rings is 2. The van der Waals surface area contributed by atoms with Gasteiger partial charge >= 0.3 is 0 Å². The van der Waals surface area contributed by atoms with Gasteiger partial charge in [-0.3, -0.25) is 9.78 Å². The van der Waals surface area contributed by atoms with Crippen LogP contribution in [0, 0.1) is 6.92 Å². The molecular weight excluding hydrogens is 410 g/mol. The van der Waals surface area contributed by atoms with E-state index in [0.717, 1.165) is 5.39 Å². The Labute approximate surface area is 175 Å². The van der Waals surface area contributed by atoms with Crippen LogP contribution in [0.3, 0.4) is 0 Å². The predicted molar refractivity (Wildman–Crippen MR) is 116 cm³/mol. The predicted octanol–water partition coefficient (Wildman–Crippen LogP) is 4.48. The van der Waals surface area contributed by atoms with Gasteiger partial charge in [-0.25, -0.2) is 8.42 Å². The molecule has 2 aromatic carbocycles. The van der Waals surface area contributed by atoms with Crippen molar-refractivity contribution in [2.75, 3.05) is 18.4 Å². The first kappa shape index (κ1) is 21.2. The van der Waals surface area contributed by atoms with Crippen molar-refractivity contribution in [3.63, 3.8) is 0 Å². The highest BCUT2D eigenvalue weighted by molar-refractivity contribution is 7.89. The SMILES string of the molecule is CCN(CC)S(=O)(=O)c1cc(NC(=O)c2cc(Cl)cc3cccnc23)ccc1C. The van der Waals surface area contributed by atoms with Crippen molar-refractivity contribution in [2.45, 2.75) is 25.7 Å². The van der Waals surface area contributed by atoms with E-state index >= 15 is 0 Å². The third-order valence-corrected chi connectivity index (χ3v) is 7.09. The zero-order valence-corrected chi connectivity index (χ0v) is 18.0. The van der Waals surface area contributed by atoms with Gasteiger partial charge in [0, 0.05) is 35.4 Å². The molecule has 152 valence electrons. The Balaban J connectivity index is 1.99. The first-order valence-corrected chi connectivity index (χ1v) is 11.1. The van der Waals surface area contributed by atoms with Crippen LogP contribution in [0.1, 0.15) is 29.8 Å². The van der Waals surface area contributed by atoms with Crippen LogP contribution in [-0.2, 0) is 10.0 Å². The Hall–Kier alpha value is -2.48. The number of aryl methyl sites for hydroxylation is 1. The van der Waals surface area contributed by atoms with Crippen LogP contribution < -0.4 is 5.32 Å². The Bertz CT molecular complexity index is 1180. The summed E-state index contributed by atoms with van der Waals surface area (Å²) in [5.41, 5.74) is 1.85. The average Bonchev–Trinajstić information content (AvgIpc) is 2.69. The lowest BCUT2D eigenvalue weighted by molar-refractivity contribution is 0.102. The summed E-state index contributed by atoms with van der Waals surface area (Å²) < 4.78 is 27.2. The molecule has 0 aliphatic carbocycles. The summed E-state index contributed by atoms with van der Waals surface area (Å²) in [7, 11) is -3.65. The van der Waals surface area contributed by atoms with Gasteiger partial charge in [-0.15, -0.1) is 0 Å². The van der Waals surface area contributed by atoms with E-state index in [1.165, 1.54) is 10.4 Å². The van der Waals surface area contributed by atoms with Gasteiger partial charge in [0.2, 0.25) is 10.0 Å². The fourth-order valence-electron chi connectivity index (χ4n) is 3.19. The van der Waals surface area contributed by atoms with Crippen LogP contribution in [0.2, 0.25) is 5.02 Å². The van der Waals surface area contributed by atoms with Gasteiger partial charge in [-0.2, -0.15) is 4.31 Å². The summed E-state index contributed by atoms with van der Waals surface area (Å²) in [6, 6.07) is 11.7. The Morgan fingerprint density at radius 3 is 2.55 bits per heavy atom. The van der Waals surface area contributed by atoms with Crippen molar-refractivity contribution >= 4 is 44.1 Å². The average molecular weight is 432 g/mol. The van der Waals surface area contributed by atoms with E-state index in [9.17, 15) is 13.2 Å². The van der Waals surface area contributed by atoms with Gasteiger partial charge in [0.15, 0.2) is 0 Å². The van der Waals surface area contributed by atoms with Crippen LogP contribution in [0.5, 0.6) is 0 Å². The number of hydrogen-bond donors (Lipinski definition) is 1. The maximum absolute atomic E-state index is 12.9. The monoisotopic (exact) mass is 431 g/mol. The van der Waals surface area contributed by atoms with Crippen LogP contribution in [0.25, 0.3) is 10.9 Å². The highest BCUT2D eigenvalue weighted by Crippen LogP contribution is 2.26. The molecule has 0 saturated carbocycles. The lowest BCUT2D eigenvalue weighted by atomic mass is 10.1. The van der Waals surface area contributed by atoms with E-state index in [2.05, 4.69) is 10.3 Å². The summed E-state index contributed by atoms with van der Waals surface area (Å²) in [5, 5.41) is 3.94. The lowest BCUT2D eigenvalue weighted by Crippen LogP contribution is -2.31. The molecule has 1 aromatic heterocycles. The number of halogens is 1. The summed E-state index contributed by atoms with van der Waals surface area (Å²) >= 11 is 6.15. The number of carbonyl (C=O) groups excluding carboxylic acids is 1. The zero-order chi connectivity index (χ0) is 21.2. The molecule has 8 heteroatoms. The van der Waals surface area contributed by atoms with Crippen molar-refractivity contribution in [1.82, 2.24) is 9.29 Å². The summed E-state index contributed by atoms with van der Waals surface area (Å²) in [5.74, 6) is -0.411. The van der Waals surface area contributed by atoms with E-state index < -0.39 is 15.9 Å². The maximum Gasteiger partial charge on any atom is 0.257 e. The summed E-state index contributed by atoms with van der Waals surface area (Å²) in [6.45, 7) is 6.05. The standard InChI is InChI=1S/C21H22ClN3O3S/c1-4-25(5-2)29(27,28)19-13-17(9-8-14(19)3)24-21(26)18-12-16(22)11-15-7-6-10-23-20(15)18/h6-13H,4-5H2,1-3H3,(H,24,26). The molecule has 1 heterocycles. The Morgan fingerprint density at radius 1 is 1.14 bits per heavy atom. The molecule has 6 nitrogen and oxygen atoms in total. The van der Waals surface area contributed by atoms with Crippen LogP contribution >= 0.6 is 11.6 Å². The maximum atomic E-state index is 12.9. The van der Waals surface area contributed by atoms with Crippen molar-refractivity contribution in [3.8, 4) is 0 Å². The van der Waals surface area contributed by atoms with Gasteiger partial charge in [0.05, 0.1) is 16.0 Å². The molecule has 0 aliphatic rings. The van der Waals surface area contributed by atoms with Crippen LogP contribution in [0.15, 0.2) is 53.6 Å². The Kier molecular flexibility index (Phi) is 6.21. The van der Waals surface area contributed by atoms with Crippen molar-refractivity contribution < 1.29 is 13.2 Å². The minimum atomic E-state index is -3.65.